The number of nitrogens with zero attached hydrogens (tertiary/aromatic N) is 2. The summed E-state index contributed by atoms with van der Waals surface area (Å²) >= 11 is 0. The van der Waals surface area contributed by atoms with Gasteiger partial charge in [0.25, 0.3) is 0 Å². The Morgan fingerprint density at radius 2 is 2.12 bits per heavy atom. The van der Waals surface area contributed by atoms with E-state index in [0.29, 0.717) is 19.7 Å². The molecular weight excluding hydrogens is 320 g/mol. The Labute approximate surface area is 148 Å². The lowest BCUT2D eigenvalue weighted by Crippen LogP contribution is -2.58. The summed E-state index contributed by atoms with van der Waals surface area (Å²) in [4.78, 5) is 28.0. The molecule has 2 aliphatic heterocycles. The van der Waals surface area contributed by atoms with Crippen molar-refractivity contribution in [2.45, 2.75) is 25.5 Å². The second-order valence-corrected chi connectivity index (χ2v) is 6.61. The summed E-state index contributed by atoms with van der Waals surface area (Å²) in [6.45, 7) is 5.35. The Bertz CT molecular complexity index is 637. The number of hydrogen-bond acceptors (Lipinski definition) is 5. The maximum absolute atomic E-state index is 12.2. The number of nitrogens with two attached hydrogens (primary N) is 1. The summed E-state index contributed by atoms with van der Waals surface area (Å²) in [6, 6.07) is 7.82. The van der Waals surface area contributed by atoms with Crippen molar-refractivity contribution in [1.82, 2.24) is 10.2 Å². The smallest absolute Gasteiger partial charge is 0.237 e. The Morgan fingerprint density at radius 1 is 1.32 bits per heavy atom. The van der Waals surface area contributed by atoms with Crippen LogP contribution in [-0.2, 0) is 20.7 Å². The van der Waals surface area contributed by atoms with Gasteiger partial charge in [-0.2, -0.15) is 0 Å². The first-order valence-electron chi connectivity index (χ1n) is 8.81. The second-order valence-electron chi connectivity index (χ2n) is 6.61. The zero-order chi connectivity index (χ0) is 17.8. The number of amides is 2. The molecule has 1 aromatic carbocycles. The first kappa shape index (κ1) is 17.7. The predicted molar refractivity (Wildman–Crippen MR) is 95.3 cm³/mol. The predicted octanol–water partition coefficient (Wildman–Crippen LogP) is -0.260. The number of anilines is 1. The highest BCUT2D eigenvalue weighted by Gasteiger charge is 2.34. The van der Waals surface area contributed by atoms with Crippen molar-refractivity contribution in [3.05, 3.63) is 29.8 Å². The molecule has 7 nitrogen and oxygen atoms in total. The van der Waals surface area contributed by atoms with E-state index < -0.39 is 11.9 Å². The second kappa shape index (κ2) is 7.84. The van der Waals surface area contributed by atoms with Crippen molar-refractivity contribution in [1.29, 1.82) is 0 Å². The summed E-state index contributed by atoms with van der Waals surface area (Å²) in [5.74, 6) is -0.540. The number of hydrogen-bond donors (Lipinski definition) is 2. The normalized spacial score (nSPS) is 23.3. The zero-order valence-corrected chi connectivity index (χ0v) is 14.6. The molecule has 25 heavy (non-hydrogen) atoms. The van der Waals surface area contributed by atoms with Crippen LogP contribution in [0.3, 0.4) is 0 Å². The van der Waals surface area contributed by atoms with E-state index in [1.807, 2.05) is 13.0 Å². The van der Waals surface area contributed by atoms with Crippen LogP contribution in [0.25, 0.3) is 0 Å². The third kappa shape index (κ3) is 4.11. The van der Waals surface area contributed by atoms with Crippen molar-refractivity contribution in [3.8, 4) is 0 Å². The van der Waals surface area contributed by atoms with Gasteiger partial charge in [0, 0.05) is 31.9 Å². The molecule has 2 heterocycles. The van der Waals surface area contributed by atoms with Gasteiger partial charge < -0.3 is 20.7 Å². The van der Waals surface area contributed by atoms with Crippen LogP contribution in [-0.4, -0.2) is 68.2 Å². The lowest BCUT2D eigenvalue weighted by Gasteiger charge is -2.37. The summed E-state index contributed by atoms with van der Waals surface area (Å²) in [6.07, 6.45) is 0.760. The minimum absolute atomic E-state index is 0.0900. The number of nitrogens with one attached hydrogen (secondary N) is 1. The number of benzene rings is 1. The highest BCUT2D eigenvalue weighted by Crippen LogP contribution is 2.26. The van der Waals surface area contributed by atoms with Gasteiger partial charge in [0.05, 0.1) is 19.3 Å². The summed E-state index contributed by atoms with van der Waals surface area (Å²) in [5, 5.41) is 2.95. The molecule has 2 amide bonds. The van der Waals surface area contributed by atoms with Crippen molar-refractivity contribution in [2.24, 2.45) is 5.73 Å². The third-order valence-corrected chi connectivity index (χ3v) is 4.92. The Balaban J connectivity index is 1.46. The molecule has 0 bridgehead atoms. The number of ether oxygens (including phenoxy) is 1. The van der Waals surface area contributed by atoms with E-state index in [2.05, 4.69) is 28.4 Å². The third-order valence-electron chi connectivity index (χ3n) is 4.92. The summed E-state index contributed by atoms with van der Waals surface area (Å²) < 4.78 is 5.46. The van der Waals surface area contributed by atoms with E-state index in [0.717, 1.165) is 19.5 Å². The fraction of sp³-hybridized carbons (Fsp3) is 0.556. The first-order valence-corrected chi connectivity index (χ1v) is 8.81. The fourth-order valence-electron chi connectivity index (χ4n) is 3.68. The van der Waals surface area contributed by atoms with Gasteiger partial charge in [0.2, 0.25) is 11.8 Å². The minimum Gasteiger partial charge on any atom is -0.375 e. The lowest BCUT2D eigenvalue weighted by molar-refractivity contribution is -0.139. The van der Waals surface area contributed by atoms with E-state index in [1.165, 1.54) is 11.3 Å². The number of fused-ring (bicyclic) bond motifs is 1. The quantitative estimate of drug-likeness (QED) is 0.741. The van der Waals surface area contributed by atoms with Gasteiger partial charge in [-0.1, -0.05) is 18.2 Å². The molecule has 0 unspecified atom stereocenters. The van der Waals surface area contributed by atoms with Gasteiger partial charge in [-0.25, -0.2) is 0 Å². The molecule has 1 fully saturated rings. The van der Waals surface area contributed by atoms with Gasteiger partial charge in [0.1, 0.15) is 6.04 Å². The molecular formula is C18H26N4O3. The van der Waals surface area contributed by atoms with Crippen molar-refractivity contribution < 1.29 is 14.3 Å². The number of carbonyl (C=O) groups is 2. The molecule has 0 spiro atoms. The topological polar surface area (TPSA) is 87.9 Å². The fourth-order valence-corrected chi connectivity index (χ4v) is 3.68. The van der Waals surface area contributed by atoms with Crippen LogP contribution in [0.1, 0.15) is 12.5 Å². The Hall–Kier alpha value is -2.12. The maximum atomic E-state index is 12.2. The zero-order valence-electron chi connectivity index (χ0n) is 14.6. The van der Waals surface area contributed by atoms with Crippen LogP contribution in [0.4, 0.5) is 5.69 Å². The molecule has 3 rings (SSSR count). The molecule has 136 valence electrons. The number of carbonyl (C=O) groups excluding carboxylic acids is 2. The molecule has 0 radical (unpaired) electrons. The molecule has 0 aromatic heterocycles. The van der Waals surface area contributed by atoms with Crippen LogP contribution in [0.15, 0.2) is 24.3 Å². The van der Waals surface area contributed by atoms with Crippen molar-refractivity contribution in [2.75, 3.05) is 44.2 Å². The lowest BCUT2D eigenvalue weighted by atomic mass is 10.1. The molecule has 7 heteroatoms. The average Bonchev–Trinajstić information content (AvgIpc) is 2.98. The van der Waals surface area contributed by atoms with Crippen LogP contribution in [0.5, 0.6) is 0 Å². The SMILES string of the molecule is C[C@H]1OCCN(CC(=O)NCCN2CCc3ccccc32)[C@@H]1C(N)=O. The summed E-state index contributed by atoms with van der Waals surface area (Å²) in [7, 11) is 0. The number of rotatable bonds is 6. The van der Waals surface area contributed by atoms with Crippen molar-refractivity contribution in [3.63, 3.8) is 0 Å². The molecule has 1 aromatic rings. The average molecular weight is 346 g/mol. The van der Waals surface area contributed by atoms with E-state index in [4.69, 9.17) is 10.5 Å². The Kier molecular flexibility index (Phi) is 5.55. The molecule has 2 atom stereocenters. The van der Waals surface area contributed by atoms with E-state index in [-0.39, 0.29) is 18.6 Å². The first-order chi connectivity index (χ1) is 12.1. The largest absolute Gasteiger partial charge is 0.375 e. The molecule has 3 N–H and O–H groups in total. The number of para-hydroxylation sites is 1. The van der Waals surface area contributed by atoms with E-state index in [9.17, 15) is 9.59 Å². The number of primary amides is 1. The summed E-state index contributed by atoms with van der Waals surface area (Å²) in [5.41, 5.74) is 8.07. The monoisotopic (exact) mass is 346 g/mol. The van der Waals surface area contributed by atoms with Gasteiger partial charge in [0.15, 0.2) is 0 Å². The molecule has 0 aliphatic carbocycles. The van der Waals surface area contributed by atoms with Crippen LogP contribution in [0, 0.1) is 0 Å². The maximum Gasteiger partial charge on any atom is 0.237 e. The molecule has 0 saturated carbocycles. The van der Waals surface area contributed by atoms with Crippen molar-refractivity contribution >= 4 is 17.5 Å². The van der Waals surface area contributed by atoms with Gasteiger partial charge in [-0.3, -0.25) is 14.5 Å². The highest BCUT2D eigenvalue weighted by atomic mass is 16.5. The molecule has 2 aliphatic rings. The number of morpholine rings is 1. The standard InChI is InChI=1S/C18H26N4O3/c1-13-17(18(19)24)22(10-11-25-13)12-16(23)20-7-9-21-8-6-14-4-2-3-5-15(14)21/h2-5,13,17H,6-12H2,1H3,(H2,19,24)(H,20,23)/t13-,17+/m1/s1. The van der Waals surface area contributed by atoms with Gasteiger partial charge in [-0.15, -0.1) is 0 Å². The minimum atomic E-state index is -0.551. The van der Waals surface area contributed by atoms with Gasteiger partial charge in [-0.05, 0) is 25.0 Å². The van der Waals surface area contributed by atoms with Gasteiger partial charge >= 0.3 is 0 Å². The van der Waals surface area contributed by atoms with Crippen LogP contribution in [0.2, 0.25) is 0 Å². The highest BCUT2D eigenvalue weighted by molar-refractivity contribution is 5.83. The van der Waals surface area contributed by atoms with Crippen LogP contribution >= 0.6 is 0 Å². The van der Waals surface area contributed by atoms with Crippen LogP contribution < -0.4 is 16.0 Å². The van der Waals surface area contributed by atoms with E-state index >= 15 is 0 Å². The Morgan fingerprint density at radius 3 is 2.92 bits per heavy atom. The van der Waals surface area contributed by atoms with E-state index in [1.54, 1.807) is 4.90 Å². The molecule has 1 saturated heterocycles.